The predicted molar refractivity (Wildman–Crippen MR) is 129 cm³/mol. The molecule has 170 valence electrons. The fourth-order valence-corrected chi connectivity index (χ4v) is 5.10. The van der Waals surface area contributed by atoms with Crippen LogP contribution in [0.15, 0.2) is 66.6 Å². The first-order valence-electron chi connectivity index (χ1n) is 10.4. The van der Waals surface area contributed by atoms with Crippen LogP contribution in [0.2, 0.25) is 10.0 Å². The Balaban J connectivity index is 1.29. The van der Waals surface area contributed by atoms with E-state index in [-0.39, 0.29) is 6.10 Å². The van der Waals surface area contributed by atoms with E-state index in [1.54, 1.807) is 36.0 Å². The summed E-state index contributed by atoms with van der Waals surface area (Å²) >= 11 is 14.3. The van der Waals surface area contributed by atoms with Crippen molar-refractivity contribution in [3.05, 3.63) is 87.9 Å². The summed E-state index contributed by atoms with van der Waals surface area (Å²) in [6.07, 6.45) is 5.01. The lowest BCUT2D eigenvalue weighted by Crippen LogP contribution is -2.34. The van der Waals surface area contributed by atoms with E-state index in [9.17, 15) is 0 Å². The quantitative estimate of drug-likeness (QED) is 0.312. The van der Waals surface area contributed by atoms with Gasteiger partial charge in [-0.3, -0.25) is 0 Å². The lowest BCUT2D eigenvalue weighted by molar-refractivity contribution is -0.189. The second kappa shape index (κ2) is 9.44. The van der Waals surface area contributed by atoms with E-state index in [1.165, 1.54) is 0 Å². The number of nitrogens with zero attached hydrogens (tertiary/aromatic N) is 3. The van der Waals surface area contributed by atoms with Gasteiger partial charge in [-0.2, -0.15) is 0 Å². The molecule has 2 atom stereocenters. The van der Waals surface area contributed by atoms with Gasteiger partial charge in [0.2, 0.25) is 5.79 Å². The Morgan fingerprint density at radius 3 is 2.76 bits per heavy atom. The Bertz CT molecular complexity index is 1230. The summed E-state index contributed by atoms with van der Waals surface area (Å²) < 4.78 is 20.5. The van der Waals surface area contributed by atoms with Gasteiger partial charge >= 0.3 is 0 Å². The van der Waals surface area contributed by atoms with Crippen LogP contribution in [0.5, 0.6) is 5.75 Å². The van der Waals surface area contributed by atoms with E-state index < -0.39 is 5.79 Å². The van der Waals surface area contributed by atoms with Crippen molar-refractivity contribution in [2.24, 2.45) is 0 Å². The molecule has 0 spiro atoms. The number of halogens is 2. The molecule has 0 saturated carbocycles. The topological polar surface area (TPSA) is 58.4 Å². The number of aryl methyl sites for hydroxylation is 1. The highest BCUT2D eigenvalue weighted by Crippen LogP contribution is 2.40. The molecular weight excluding hydrogens is 481 g/mol. The molecule has 1 aliphatic rings. The van der Waals surface area contributed by atoms with E-state index in [0.29, 0.717) is 35.4 Å². The summed E-state index contributed by atoms with van der Waals surface area (Å²) in [6.45, 7) is 3.09. The van der Waals surface area contributed by atoms with Crippen LogP contribution in [0, 0.1) is 6.92 Å². The Labute approximate surface area is 205 Å². The standard InChI is InChI=1S/C24H21Cl2N3O3S/c1-16-13-33-23(28-16)17-2-5-19(6-3-17)30-11-20-12-31-24(32-20,14-29-9-8-27-15-29)21-7-4-18(25)10-22(21)26/h2-10,13,15,20H,11-12,14H2,1H3/t20-,24-/m1/s1. The number of thiazole rings is 1. The zero-order valence-corrected chi connectivity index (χ0v) is 20.1. The lowest BCUT2D eigenvalue weighted by Gasteiger charge is -2.30. The smallest absolute Gasteiger partial charge is 0.215 e. The minimum absolute atomic E-state index is 0.276. The second-order valence-electron chi connectivity index (χ2n) is 7.79. The maximum absolute atomic E-state index is 6.52. The summed E-state index contributed by atoms with van der Waals surface area (Å²) in [7, 11) is 0. The first kappa shape index (κ1) is 22.4. The van der Waals surface area contributed by atoms with Crippen molar-refractivity contribution < 1.29 is 14.2 Å². The molecule has 5 rings (SSSR count). The molecule has 3 heterocycles. The van der Waals surface area contributed by atoms with Crippen molar-refractivity contribution in [1.82, 2.24) is 14.5 Å². The molecule has 33 heavy (non-hydrogen) atoms. The van der Waals surface area contributed by atoms with Crippen molar-refractivity contribution in [2.45, 2.75) is 25.4 Å². The minimum Gasteiger partial charge on any atom is -0.491 e. The first-order valence-corrected chi connectivity index (χ1v) is 12.0. The number of rotatable bonds is 7. The Morgan fingerprint density at radius 2 is 2.06 bits per heavy atom. The van der Waals surface area contributed by atoms with Crippen LogP contribution in [-0.2, 0) is 21.8 Å². The molecule has 6 nitrogen and oxygen atoms in total. The van der Waals surface area contributed by atoms with Crippen LogP contribution >= 0.6 is 34.5 Å². The van der Waals surface area contributed by atoms with Gasteiger partial charge in [0.15, 0.2) is 0 Å². The van der Waals surface area contributed by atoms with E-state index in [2.05, 4.69) is 9.97 Å². The molecule has 0 radical (unpaired) electrons. The predicted octanol–water partition coefficient (Wildman–Crippen LogP) is 5.97. The summed E-state index contributed by atoms with van der Waals surface area (Å²) in [6, 6.07) is 13.2. The molecule has 1 saturated heterocycles. The molecule has 0 unspecified atom stereocenters. The maximum atomic E-state index is 6.52. The zero-order chi connectivity index (χ0) is 22.8. The number of aromatic nitrogens is 3. The molecule has 1 aliphatic heterocycles. The highest BCUT2D eigenvalue weighted by molar-refractivity contribution is 7.13. The van der Waals surface area contributed by atoms with Crippen LogP contribution in [0.1, 0.15) is 11.3 Å². The third-order valence-corrected chi connectivity index (χ3v) is 6.86. The SMILES string of the molecule is Cc1csc(-c2ccc(OC[C@@H]3CO[C@@](Cn4ccnc4)(c4ccc(Cl)cc4Cl)O3)cc2)n1. The highest BCUT2D eigenvalue weighted by atomic mass is 35.5. The molecule has 2 aromatic carbocycles. The van der Waals surface area contributed by atoms with Gasteiger partial charge in [-0.15, -0.1) is 11.3 Å². The van der Waals surface area contributed by atoms with Crippen molar-refractivity contribution in [3.8, 4) is 16.3 Å². The fraction of sp³-hybridized carbons (Fsp3) is 0.250. The van der Waals surface area contributed by atoms with Gasteiger partial charge in [-0.1, -0.05) is 29.3 Å². The van der Waals surface area contributed by atoms with Gasteiger partial charge in [0.25, 0.3) is 0 Å². The van der Waals surface area contributed by atoms with Gasteiger partial charge in [-0.05, 0) is 43.3 Å². The Kier molecular flexibility index (Phi) is 6.40. The highest BCUT2D eigenvalue weighted by Gasteiger charge is 2.45. The number of ether oxygens (including phenoxy) is 3. The van der Waals surface area contributed by atoms with E-state index in [1.807, 2.05) is 53.4 Å². The van der Waals surface area contributed by atoms with Gasteiger partial charge in [0.05, 0.1) is 24.5 Å². The molecule has 1 fully saturated rings. The number of hydrogen-bond acceptors (Lipinski definition) is 6. The normalized spacial score (nSPS) is 20.3. The monoisotopic (exact) mass is 501 g/mol. The molecule has 0 bridgehead atoms. The average Bonchev–Trinajstić information content (AvgIpc) is 3.55. The van der Waals surface area contributed by atoms with Crippen LogP contribution in [-0.4, -0.2) is 33.9 Å². The van der Waals surface area contributed by atoms with Crippen LogP contribution in [0.4, 0.5) is 0 Å². The van der Waals surface area contributed by atoms with E-state index in [4.69, 9.17) is 37.4 Å². The first-order chi connectivity index (χ1) is 16.0. The summed E-state index contributed by atoms with van der Waals surface area (Å²) in [5.41, 5.74) is 2.80. The second-order valence-corrected chi connectivity index (χ2v) is 9.49. The molecule has 0 N–H and O–H groups in total. The fourth-order valence-electron chi connectivity index (χ4n) is 3.74. The van der Waals surface area contributed by atoms with Gasteiger partial charge < -0.3 is 18.8 Å². The van der Waals surface area contributed by atoms with Crippen molar-refractivity contribution >= 4 is 34.5 Å². The van der Waals surface area contributed by atoms with Gasteiger partial charge in [-0.25, -0.2) is 9.97 Å². The Hall–Kier alpha value is -2.42. The zero-order valence-electron chi connectivity index (χ0n) is 17.8. The molecule has 4 aromatic rings. The average molecular weight is 502 g/mol. The van der Waals surface area contributed by atoms with Crippen molar-refractivity contribution in [1.29, 1.82) is 0 Å². The van der Waals surface area contributed by atoms with Gasteiger partial charge in [0, 0.05) is 39.6 Å². The summed E-state index contributed by atoms with van der Waals surface area (Å²) in [4.78, 5) is 8.64. The minimum atomic E-state index is -1.07. The van der Waals surface area contributed by atoms with Crippen LogP contribution < -0.4 is 4.74 Å². The van der Waals surface area contributed by atoms with Crippen molar-refractivity contribution in [2.75, 3.05) is 13.2 Å². The number of imidazole rings is 1. The molecule has 9 heteroatoms. The third-order valence-electron chi connectivity index (χ3n) is 5.31. The third kappa shape index (κ3) is 4.93. The van der Waals surface area contributed by atoms with E-state index >= 15 is 0 Å². The summed E-state index contributed by atoms with van der Waals surface area (Å²) in [5.74, 6) is -0.310. The lowest BCUT2D eigenvalue weighted by atomic mass is 10.1. The van der Waals surface area contributed by atoms with Crippen LogP contribution in [0.25, 0.3) is 10.6 Å². The largest absolute Gasteiger partial charge is 0.491 e. The van der Waals surface area contributed by atoms with E-state index in [0.717, 1.165) is 22.0 Å². The summed E-state index contributed by atoms with van der Waals surface area (Å²) in [5, 5.41) is 4.07. The number of hydrogen-bond donors (Lipinski definition) is 0. The molecule has 2 aromatic heterocycles. The van der Waals surface area contributed by atoms with Crippen molar-refractivity contribution in [3.63, 3.8) is 0 Å². The Morgan fingerprint density at radius 1 is 1.21 bits per heavy atom. The number of benzene rings is 2. The van der Waals surface area contributed by atoms with Crippen LogP contribution in [0.3, 0.4) is 0 Å². The maximum Gasteiger partial charge on any atom is 0.215 e. The molecular formula is C24H21Cl2N3O3S. The van der Waals surface area contributed by atoms with Gasteiger partial charge in [0.1, 0.15) is 23.5 Å². The molecule has 0 aliphatic carbocycles. The molecule has 0 amide bonds.